The minimum Gasteiger partial charge on any atom is -0.390 e. The average Bonchev–Trinajstić information content (AvgIpc) is 3.90. The molecule has 71 heavy (non-hydrogen) atoms. The number of hydrogen-bond acceptors (Lipinski definition) is 13. The molecule has 13 heteroatoms. The minimum absolute atomic E-state index is 0.279. The molecule has 0 aliphatic heterocycles. The molecule has 0 aliphatic carbocycles. The first-order chi connectivity index (χ1) is 35.0. The van der Waals surface area contributed by atoms with Crippen LogP contribution in [0.15, 0.2) is 249 Å². The molecule has 0 fully saturated rings. The Morgan fingerprint density at radius 3 is 0.944 bits per heavy atom. The van der Waals surface area contributed by atoms with Crippen molar-refractivity contribution in [3.05, 3.63) is 242 Å². The average molecular weight is 989 g/mol. The van der Waals surface area contributed by atoms with E-state index >= 15 is 0 Å². The van der Waals surface area contributed by atoms with Crippen LogP contribution in [0.3, 0.4) is 0 Å². The highest BCUT2D eigenvalue weighted by molar-refractivity contribution is 8.03. The summed E-state index contributed by atoms with van der Waals surface area (Å²) in [6.45, 7) is 0.557. The van der Waals surface area contributed by atoms with Gasteiger partial charge in [-0.3, -0.25) is 10.0 Å². The van der Waals surface area contributed by atoms with E-state index in [0.717, 1.165) is 65.3 Å². The summed E-state index contributed by atoms with van der Waals surface area (Å²) >= 11 is 4.36. The molecule has 9 rings (SSSR count). The maximum atomic E-state index is 11.3. The number of hydrogen-bond donors (Lipinski definition) is 2. The number of benzene rings is 8. The molecule has 2 atom stereocenters. The molecule has 0 amide bonds. The molecule has 10 nitrogen and oxygen atoms in total. The van der Waals surface area contributed by atoms with Crippen molar-refractivity contribution in [1.82, 2.24) is 10.2 Å². The van der Waals surface area contributed by atoms with Crippen LogP contribution in [-0.4, -0.2) is 69.6 Å². The lowest BCUT2D eigenvalue weighted by Gasteiger charge is -2.25. The summed E-state index contributed by atoms with van der Waals surface area (Å²) in [5, 5.41) is 44.8. The molecule has 0 spiro atoms. The van der Waals surface area contributed by atoms with E-state index in [-0.39, 0.29) is 13.1 Å². The number of anilines is 8. The molecular weight excluding hydrogens is 937 g/mol. The van der Waals surface area contributed by atoms with Gasteiger partial charge in [-0.05, 0) is 108 Å². The summed E-state index contributed by atoms with van der Waals surface area (Å²) in [5.41, 5.74) is 9.96. The Kier molecular flexibility index (Phi) is 17.0. The van der Waals surface area contributed by atoms with Gasteiger partial charge in [0.05, 0.1) is 49.1 Å². The second-order valence-electron chi connectivity index (χ2n) is 16.3. The number of hydrazone groups is 2. The van der Waals surface area contributed by atoms with Crippen molar-refractivity contribution in [3.63, 3.8) is 0 Å². The van der Waals surface area contributed by atoms with Gasteiger partial charge in [-0.2, -0.15) is 10.2 Å². The predicted octanol–water partition coefficient (Wildman–Crippen LogP) is 13.5. The van der Waals surface area contributed by atoms with Gasteiger partial charge in [0.2, 0.25) is 0 Å². The van der Waals surface area contributed by atoms with E-state index < -0.39 is 12.2 Å². The molecule has 2 unspecified atom stereocenters. The summed E-state index contributed by atoms with van der Waals surface area (Å²) < 4.78 is 1.49. The lowest BCUT2D eigenvalue weighted by Crippen LogP contribution is -2.30. The zero-order valence-electron chi connectivity index (χ0n) is 38.8. The van der Waals surface area contributed by atoms with Crippen molar-refractivity contribution in [1.29, 1.82) is 0 Å². The molecule has 9 aromatic rings. The van der Waals surface area contributed by atoms with Gasteiger partial charge >= 0.3 is 0 Å². The van der Waals surface area contributed by atoms with Gasteiger partial charge in [0, 0.05) is 45.6 Å². The first-order valence-electron chi connectivity index (χ1n) is 23.2. The highest BCUT2D eigenvalue weighted by Gasteiger charge is 2.18. The maximum absolute atomic E-state index is 11.3. The van der Waals surface area contributed by atoms with Crippen LogP contribution in [0.25, 0.3) is 0 Å². The van der Waals surface area contributed by atoms with Crippen LogP contribution >= 0.6 is 34.9 Å². The molecule has 0 bridgehead atoms. The number of aliphatic hydroxyl groups is 2. The summed E-state index contributed by atoms with van der Waals surface area (Å²) in [7, 11) is 0. The fourth-order valence-corrected chi connectivity index (χ4v) is 10.6. The molecule has 354 valence electrons. The number of thioether (sulfide) groups is 2. The monoisotopic (exact) mass is 988 g/mol. The van der Waals surface area contributed by atoms with Crippen LogP contribution in [-0.2, 0) is 0 Å². The first kappa shape index (κ1) is 48.5. The Labute approximate surface area is 427 Å². The zero-order valence-corrected chi connectivity index (χ0v) is 41.2. The van der Waals surface area contributed by atoms with Crippen molar-refractivity contribution in [2.45, 2.75) is 20.9 Å². The quantitative estimate of drug-likeness (QED) is 0.0388. The number of aromatic nitrogens is 2. The zero-order chi connectivity index (χ0) is 48.5. The van der Waals surface area contributed by atoms with Gasteiger partial charge in [-0.25, -0.2) is 0 Å². The Morgan fingerprint density at radius 1 is 0.380 bits per heavy atom. The van der Waals surface area contributed by atoms with Crippen LogP contribution in [0.4, 0.5) is 45.5 Å². The molecular formula is C58H52N8O2S3. The highest BCUT2D eigenvalue weighted by Crippen LogP contribution is 2.36. The van der Waals surface area contributed by atoms with Crippen LogP contribution < -0.4 is 19.8 Å². The van der Waals surface area contributed by atoms with E-state index in [4.69, 9.17) is 10.2 Å². The lowest BCUT2D eigenvalue weighted by molar-refractivity contribution is 0.204. The Hall–Kier alpha value is -7.52. The second-order valence-corrected chi connectivity index (χ2v) is 19.8. The lowest BCUT2D eigenvalue weighted by atomic mass is 10.1. The van der Waals surface area contributed by atoms with E-state index in [9.17, 15) is 10.2 Å². The van der Waals surface area contributed by atoms with Crippen LogP contribution in [0.2, 0.25) is 0 Å². The van der Waals surface area contributed by atoms with Gasteiger partial charge in [0.25, 0.3) is 0 Å². The topological polar surface area (TPSA) is 104 Å². The van der Waals surface area contributed by atoms with Crippen molar-refractivity contribution >= 4 is 92.8 Å². The summed E-state index contributed by atoms with van der Waals surface area (Å²) in [5.74, 6) is 0.796. The number of nitrogens with zero attached hydrogens (tertiary/aromatic N) is 8. The van der Waals surface area contributed by atoms with E-state index in [1.807, 2.05) is 156 Å². The van der Waals surface area contributed by atoms with E-state index in [0.29, 0.717) is 11.5 Å². The minimum atomic E-state index is -0.715. The van der Waals surface area contributed by atoms with Crippen LogP contribution in [0.5, 0.6) is 0 Å². The normalized spacial score (nSPS) is 12.2. The van der Waals surface area contributed by atoms with E-state index in [1.54, 1.807) is 0 Å². The maximum Gasteiger partial charge on any atom is 0.175 e. The Bertz CT molecular complexity index is 2740. The standard InChI is InChI=1S/C58H52N8O2S3/c67-55(41-63(47-19-7-1-8-20-47)59-39-45-31-35-53(36-32-45)65(49-23-11-3-12-24-49)50-25-13-4-14-26-50)43-69-57-61-62-58(71-57)70-44-56(68)42-64(48-21-9-2-10-22-48)60-40-46-33-37-54(38-34-46)66(51-27-15-5-16-28-51)52-29-17-6-18-30-52/h1-40,55-56,67-68H,41-44H2/b59-39+,60-40+. The summed E-state index contributed by atoms with van der Waals surface area (Å²) in [6, 6.07) is 77.6. The van der Waals surface area contributed by atoms with Crippen molar-refractivity contribution in [2.24, 2.45) is 10.2 Å². The fraction of sp³-hybridized carbons (Fsp3) is 0.103. The number of rotatable bonds is 22. The summed E-state index contributed by atoms with van der Waals surface area (Å²) in [4.78, 5) is 4.44. The van der Waals surface area contributed by atoms with Crippen LogP contribution in [0, 0.1) is 0 Å². The van der Waals surface area contributed by atoms with Crippen molar-refractivity contribution in [2.75, 3.05) is 44.4 Å². The van der Waals surface area contributed by atoms with Gasteiger partial charge in [0.15, 0.2) is 8.68 Å². The van der Waals surface area contributed by atoms with Gasteiger partial charge < -0.3 is 20.0 Å². The highest BCUT2D eigenvalue weighted by atomic mass is 32.2. The number of aliphatic hydroxyl groups excluding tert-OH is 2. The Balaban J connectivity index is 0.787. The van der Waals surface area contributed by atoms with E-state index in [1.165, 1.54) is 34.9 Å². The molecule has 0 radical (unpaired) electrons. The van der Waals surface area contributed by atoms with Crippen molar-refractivity contribution < 1.29 is 10.2 Å². The Morgan fingerprint density at radius 2 is 0.648 bits per heavy atom. The SMILES string of the molecule is OC(CSc1nnc(SCC(O)CN(/N=C/c2ccc(N(c3ccccc3)c3ccccc3)cc2)c2ccccc2)s1)CN(/N=C/c1ccc(N(c2ccccc2)c2ccccc2)cc1)c1ccccc1. The molecule has 0 saturated heterocycles. The largest absolute Gasteiger partial charge is 0.390 e. The van der Waals surface area contributed by atoms with Gasteiger partial charge in [0.1, 0.15) is 0 Å². The third-order valence-corrected chi connectivity index (χ3v) is 14.6. The first-order valence-corrected chi connectivity index (χ1v) is 26.0. The van der Waals surface area contributed by atoms with Gasteiger partial charge in [-0.1, -0.05) is 168 Å². The third kappa shape index (κ3) is 13.6. The molecule has 1 aromatic heterocycles. The second kappa shape index (κ2) is 24.9. The fourth-order valence-electron chi connectivity index (χ4n) is 7.69. The molecule has 2 N–H and O–H groups in total. The van der Waals surface area contributed by atoms with Crippen LogP contribution in [0.1, 0.15) is 11.1 Å². The third-order valence-electron chi connectivity index (χ3n) is 11.1. The smallest absolute Gasteiger partial charge is 0.175 e. The summed E-state index contributed by atoms with van der Waals surface area (Å²) in [6.07, 6.45) is 2.22. The molecule has 8 aromatic carbocycles. The molecule has 1 heterocycles. The predicted molar refractivity (Wildman–Crippen MR) is 298 cm³/mol. The van der Waals surface area contributed by atoms with E-state index in [2.05, 4.69) is 117 Å². The number of para-hydroxylation sites is 6. The molecule has 0 aliphatic rings. The molecule has 0 saturated carbocycles. The van der Waals surface area contributed by atoms with Gasteiger partial charge in [-0.15, -0.1) is 10.2 Å². The van der Waals surface area contributed by atoms with Crippen molar-refractivity contribution in [3.8, 4) is 0 Å².